The normalized spacial score (nSPS) is 20.2. The van der Waals surface area contributed by atoms with E-state index in [0.29, 0.717) is 28.5 Å². The minimum Gasteiger partial charge on any atom is -0.425 e. The number of amides is 1. The van der Waals surface area contributed by atoms with Crippen LogP contribution in [0.15, 0.2) is 18.2 Å². The molecule has 0 heterocycles. The van der Waals surface area contributed by atoms with Gasteiger partial charge in [-0.1, -0.05) is 67.8 Å². The maximum atomic E-state index is 13.3. The summed E-state index contributed by atoms with van der Waals surface area (Å²) < 4.78 is 23.9. The lowest BCUT2D eigenvalue weighted by Crippen LogP contribution is -2.38. The summed E-state index contributed by atoms with van der Waals surface area (Å²) >= 11 is 12.3. The number of rotatable bonds is 11. The maximum absolute atomic E-state index is 13.3. The fourth-order valence-corrected chi connectivity index (χ4v) is 7.88. The van der Waals surface area contributed by atoms with Gasteiger partial charge in [0.25, 0.3) is 0 Å². The molecule has 1 aromatic carbocycles. The molecule has 3 rings (SSSR count). The topological polar surface area (TPSA) is 93.1 Å². The van der Waals surface area contributed by atoms with Gasteiger partial charge in [0.2, 0.25) is 13.7 Å². The van der Waals surface area contributed by atoms with Gasteiger partial charge in [0.05, 0.1) is 22.0 Å². The van der Waals surface area contributed by atoms with E-state index in [1.165, 1.54) is 18.2 Å². The van der Waals surface area contributed by atoms with E-state index in [9.17, 15) is 19.0 Å². The van der Waals surface area contributed by atoms with Crippen molar-refractivity contribution in [1.29, 1.82) is 0 Å². The van der Waals surface area contributed by atoms with Crippen molar-refractivity contribution in [2.75, 3.05) is 18.9 Å². The predicted molar refractivity (Wildman–Crippen MR) is 151 cm³/mol. The molecule has 3 atom stereocenters. The molecule has 38 heavy (non-hydrogen) atoms. The van der Waals surface area contributed by atoms with Crippen LogP contribution in [0.1, 0.15) is 96.1 Å². The largest absolute Gasteiger partial charge is 0.425 e. The summed E-state index contributed by atoms with van der Waals surface area (Å²) in [5, 5.41) is 0.773. The molecule has 2 aliphatic carbocycles. The smallest absolute Gasteiger partial charge is 0.413 e. The van der Waals surface area contributed by atoms with Gasteiger partial charge in [0.15, 0.2) is 0 Å². The molecule has 0 radical (unpaired) electrons. The zero-order valence-corrected chi connectivity index (χ0v) is 25.0. The Morgan fingerprint density at radius 2 is 1.63 bits per heavy atom. The molecule has 0 spiro atoms. The predicted octanol–water partition coefficient (Wildman–Crippen LogP) is 8.20. The van der Waals surface area contributed by atoms with Gasteiger partial charge >= 0.3 is 12.1 Å². The number of benzene rings is 1. The van der Waals surface area contributed by atoms with Crippen LogP contribution in [-0.4, -0.2) is 47.0 Å². The third-order valence-electron chi connectivity index (χ3n) is 7.79. The van der Waals surface area contributed by atoms with E-state index in [4.69, 9.17) is 32.7 Å². The first-order valence-electron chi connectivity index (χ1n) is 14.0. The molecular formula is C28H42Cl2NO6P. The van der Waals surface area contributed by atoms with E-state index >= 15 is 0 Å². The molecule has 1 amide bonds. The Morgan fingerprint density at radius 3 is 2.26 bits per heavy atom. The second-order valence-electron chi connectivity index (χ2n) is 10.9. The van der Waals surface area contributed by atoms with E-state index in [-0.39, 0.29) is 24.6 Å². The van der Waals surface area contributed by atoms with Crippen LogP contribution in [0.2, 0.25) is 10.0 Å². The Hall–Kier alpha value is -1.27. The molecule has 2 fully saturated rings. The third kappa shape index (κ3) is 9.73. The fourth-order valence-electron chi connectivity index (χ4n) is 5.58. The lowest BCUT2D eigenvalue weighted by atomic mass is 9.89. The van der Waals surface area contributed by atoms with Crippen LogP contribution in [-0.2, 0) is 18.8 Å². The summed E-state index contributed by atoms with van der Waals surface area (Å²) in [6.45, 7) is 3.57. The van der Waals surface area contributed by atoms with Crippen LogP contribution in [0, 0.1) is 11.8 Å². The number of nitrogens with zero attached hydrogens (tertiary/aromatic N) is 1. The van der Waals surface area contributed by atoms with Crippen molar-refractivity contribution < 1.29 is 28.5 Å². The first-order valence-corrected chi connectivity index (χ1v) is 16.8. The van der Waals surface area contributed by atoms with Gasteiger partial charge in [-0.05, 0) is 62.6 Å². The van der Waals surface area contributed by atoms with Crippen LogP contribution < -0.4 is 0 Å². The summed E-state index contributed by atoms with van der Waals surface area (Å²) in [5.41, 5.74) is 0.748. The van der Waals surface area contributed by atoms with Crippen LogP contribution in [0.4, 0.5) is 4.79 Å². The van der Waals surface area contributed by atoms with Crippen LogP contribution in [0.25, 0.3) is 0 Å². The third-order valence-corrected chi connectivity index (χ3v) is 10.6. The summed E-state index contributed by atoms with van der Waals surface area (Å²) in [6, 6.07) is 4.70. The van der Waals surface area contributed by atoms with E-state index < -0.39 is 25.8 Å². The van der Waals surface area contributed by atoms with Crippen molar-refractivity contribution in [3.05, 3.63) is 33.8 Å². The van der Waals surface area contributed by atoms with Gasteiger partial charge in [0, 0.05) is 25.8 Å². The highest BCUT2D eigenvalue weighted by Crippen LogP contribution is 2.46. The lowest BCUT2D eigenvalue weighted by Gasteiger charge is -2.31. The number of ether oxygens (including phenoxy) is 2. The first kappa shape index (κ1) is 31.3. The molecule has 10 heteroatoms. The zero-order valence-electron chi connectivity index (χ0n) is 22.6. The first-order chi connectivity index (χ1) is 18.1. The van der Waals surface area contributed by atoms with Crippen LogP contribution in [0.3, 0.4) is 0 Å². The highest BCUT2D eigenvalue weighted by atomic mass is 35.5. The Bertz CT molecular complexity index is 980. The molecular weight excluding hydrogens is 548 g/mol. The summed E-state index contributed by atoms with van der Waals surface area (Å²) in [7, 11) is -3.31. The van der Waals surface area contributed by atoms with Crippen molar-refractivity contribution in [3.8, 4) is 0 Å². The van der Waals surface area contributed by atoms with Crippen LogP contribution in [0.5, 0.6) is 0 Å². The molecule has 7 nitrogen and oxygen atoms in total. The Labute approximate surface area is 237 Å². The van der Waals surface area contributed by atoms with E-state index in [0.717, 1.165) is 63.4 Å². The Balaban J connectivity index is 1.63. The lowest BCUT2D eigenvalue weighted by molar-refractivity contribution is -0.172. The molecule has 2 unspecified atom stereocenters. The summed E-state index contributed by atoms with van der Waals surface area (Å²) in [6.07, 6.45) is 9.28. The standard InChI is InChI=1S/C28H42Cl2NO6P/c1-20(24-14-15-25(29)26(30)18-24)31(16-9-17-38(34,35)19-22-10-5-3-6-11-22)28(33)37-21(2)36-27(32)23-12-7-4-8-13-23/h14-15,18,20-23H,3-13,16-17,19H2,1-2H3,(H,34,35)/t20-,21?/m0/s1. The number of carbonyl (C=O) groups excluding carboxylic acids is 2. The van der Waals surface area contributed by atoms with E-state index in [1.807, 2.05) is 6.92 Å². The molecule has 1 aromatic rings. The van der Waals surface area contributed by atoms with Crippen molar-refractivity contribution in [2.45, 2.75) is 96.8 Å². The number of hydrogen-bond donors (Lipinski definition) is 1. The highest BCUT2D eigenvalue weighted by Gasteiger charge is 2.30. The van der Waals surface area contributed by atoms with Gasteiger partial charge in [-0.3, -0.25) is 9.36 Å². The second kappa shape index (κ2) is 14.9. The molecule has 0 aliphatic heterocycles. The Kier molecular flexibility index (Phi) is 12.3. The van der Waals surface area contributed by atoms with Crippen molar-refractivity contribution >= 4 is 42.6 Å². The maximum Gasteiger partial charge on any atom is 0.413 e. The van der Waals surface area contributed by atoms with Gasteiger partial charge in [-0.2, -0.15) is 0 Å². The van der Waals surface area contributed by atoms with Gasteiger partial charge < -0.3 is 19.3 Å². The van der Waals surface area contributed by atoms with Crippen molar-refractivity contribution in [3.63, 3.8) is 0 Å². The summed E-state index contributed by atoms with van der Waals surface area (Å²) in [5.74, 6) is -0.188. The number of halogens is 2. The minimum atomic E-state index is -3.31. The Morgan fingerprint density at radius 1 is 1.00 bits per heavy atom. The molecule has 0 saturated heterocycles. The van der Waals surface area contributed by atoms with Gasteiger partial charge in [-0.15, -0.1) is 0 Å². The van der Waals surface area contributed by atoms with Gasteiger partial charge in [-0.25, -0.2) is 4.79 Å². The number of esters is 1. The number of hydrogen-bond acceptors (Lipinski definition) is 5. The van der Waals surface area contributed by atoms with Gasteiger partial charge in [0.1, 0.15) is 0 Å². The molecule has 1 N–H and O–H groups in total. The quantitative estimate of drug-likeness (QED) is 0.159. The SMILES string of the molecule is CC(OC(=O)C1CCCCC1)OC(=O)N(CCCP(=O)(O)CC1CCCCC1)[C@@H](C)c1ccc(Cl)c(Cl)c1. The highest BCUT2D eigenvalue weighted by molar-refractivity contribution is 7.58. The van der Waals surface area contributed by atoms with E-state index in [1.54, 1.807) is 18.2 Å². The van der Waals surface area contributed by atoms with E-state index in [2.05, 4.69) is 0 Å². The average molecular weight is 591 g/mol. The van der Waals surface area contributed by atoms with Crippen molar-refractivity contribution in [2.24, 2.45) is 11.8 Å². The molecule has 0 bridgehead atoms. The summed E-state index contributed by atoms with van der Waals surface area (Å²) in [4.78, 5) is 37.9. The number of carbonyl (C=O) groups is 2. The molecule has 214 valence electrons. The fraction of sp³-hybridized carbons (Fsp3) is 0.714. The molecule has 2 saturated carbocycles. The average Bonchev–Trinajstić information content (AvgIpc) is 2.88. The van der Waals surface area contributed by atoms with Crippen LogP contribution >= 0.6 is 30.6 Å². The monoisotopic (exact) mass is 589 g/mol. The van der Waals surface area contributed by atoms with Crippen molar-refractivity contribution in [1.82, 2.24) is 4.90 Å². The minimum absolute atomic E-state index is 0.133. The zero-order chi connectivity index (χ0) is 27.7. The second-order valence-corrected chi connectivity index (χ2v) is 14.2. The molecule has 0 aromatic heterocycles. The molecule has 2 aliphatic rings.